The summed E-state index contributed by atoms with van der Waals surface area (Å²) in [6.45, 7) is 20.8. The molecule has 1 aliphatic carbocycles. The molecule has 0 aliphatic heterocycles. The van der Waals surface area contributed by atoms with Gasteiger partial charge in [-0.3, -0.25) is 4.39 Å². The summed E-state index contributed by atoms with van der Waals surface area (Å²) in [7, 11) is 0.500. The summed E-state index contributed by atoms with van der Waals surface area (Å²) in [5.41, 5.74) is 2.11. The van der Waals surface area contributed by atoms with Crippen molar-refractivity contribution in [2.45, 2.75) is 126 Å². The van der Waals surface area contributed by atoms with E-state index in [0.717, 1.165) is 12.2 Å². The number of hydrogen-bond donors (Lipinski definition) is 0. The highest BCUT2D eigenvalue weighted by atomic mass is 19.1. The van der Waals surface area contributed by atoms with Crippen molar-refractivity contribution in [3.63, 3.8) is 0 Å². The van der Waals surface area contributed by atoms with Crippen LogP contribution in [0.4, 0.5) is 4.39 Å². The van der Waals surface area contributed by atoms with Crippen molar-refractivity contribution in [1.82, 2.24) is 0 Å². The maximum Gasteiger partial charge on any atom is 0.200 e. The van der Waals surface area contributed by atoms with E-state index in [0.29, 0.717) is 24.6 Å². The Morgan fingerprint density at radius 2 is 1.28 bits per heavy atom. The van der Waals surface area contributed by atoms with Crippen LogP contribution in [0.2, 0.25) is 0 Å². The van der Waals surface area contributed by atoms with Crippen LogP contribution in [-0.2, 0) is 4.74 Å². The highest BCUT2D eigenvalue weighted by Gasteiger charge is 2.30. The lowest BCUT2D eigenvalue weighted by Crippen LogP contribution is -2.32. The van der Waals surface area contributed by atoms with E-state index in [1.807, 2.05) is 0 Å². The highest BCUT2D eigenvalue weighted by Crippen LogP contribution is 2.43. The molecule has 0 bridgehead atoms. The molecule has 0 N–H and O–H groups in total. The topological polar surface area (TPSA) is 18.5 Å². The molecule has 3 heteroatoms. The van der Waals surface area contributed by atoms with Gasteiger partial charge in [-0.1, -0.05) is 93.7 Å². The van der Waals surface area contributed by atoms with Gasteiger partial charge >= 0.3 is 0 Å². The monoisotopic (exact) mass is 450 g/mol. The summed E-state index contributed by atoms with van der Waals surface area (Å²) in [6.07, 6.45) is 8.50. The number of hydrogen-bond acceptors (Lipinski definition) is 2. The second-order valence-electron chi connectivity index (χ2n) is 13.0. The van der Waals surface area contributed by atoms with E-state index in [1.165, 1.54) is 44.1 Å². The smallest absolute Gasteiger partial charge is 0.200 e. The molecular weight excluding hydrogens is 399 g/mol. The number of halogens is 1. The predicted molar refractivity (Wildman–Crippen MR) is 136 cm³/mol. The fourth-order valence-corrected chi connectivity index (χ4v) is 4.50. The lowest BCUT2D eigenvalue weighted by atomic mass is 9.69. The van der Waals surface area contributed by atoms with Gasteiger partial charge in [-0.15, -0.1) is 0 Å². The van der Waals surface area contributed by atoms with E-state index in [9.17, 15) is 4.39 Å². The lowest BCUT2D eigenvalue weighted by molar-refractivity contribution is -0.142. The SMILES string of the molecule is CC(C)(C)CC(Oc1ccc(C(CC(C)(C)C)C(C)(C)C)cc1)OC1CCCCC1.CF. The second kappa shape index (κ2) is 12.4. The predicted octanol–water partition coefficient (Wildman–Crippen LogP) is 9.33. The Morgan fingerprint density at radius 1 is 0.781 bits per heavy atom. The molecule has 2 unspecified atom stereocenters. The number of ether oxygens (including phenoxy) is 2. The van der Waals surface area contributed by atoms with Crippen LogP contribution >= 0.6 is 0 Å². The minimum Gasteiger partial charge on any atom is -0.465 e. The summed E-state index contributed by atoms with van der Waals surface area (Å²) >= 11 is 0. The average molecular weight is 451 g/mol. The largest absolute Gasteiger partial charge is 0.465 e. The summed E-state index contributed by atoms with van der Waals surface area (Å²) in [6, 6.07) is 8.84. The van der Waals surface area contributed by atoms with Crippen LogP contribution in [0, 0.1) is 16.2 Å². The maximum atomic E-state index is 9.50. The quantitative estimate of drug-likeness (QED) is 0.385. The van der Waals surface area contributed by atoms with Gasteiger partial charge < -0.3 is 9.47 Å². The highest BCUT2D eigenvalue weighted by molar-refractivity contribution is 5.30. The third kappa shape index (κ3) is 11.2. The van der Waals surface area contributed by atoms with Crippen molar-refractivity contribution in [3.05, 3.63) is 29.8 Å². The third-order valence-electron chi connectivity index (χ3n) is 6.09. The zero-order valence-electron chi connectivity index (χ0n) is 22.7. The molecule has 2 nitrogen and oxygen atoms in total. The Balaban J connectivity index is 0.00000249. The average Bonchev–Trinajstić information content (AvgIpc) is 2.66. The van der Waals surface area contributed by atoms with Gasteiger partial charge in [-0.2, -0.15) is 0 Å². The Labute approximate surface area is 198 Å². The van der Waals surface area contributed by atoms with Crippen LogP contribution in [0.1, 0.15) is 119 Å². The van der Waals surface area contributed by atoms with E-state index < -0.39 is 0 Å². The first-order chi connectivity index (χ1) is 14.7. The van der Waals surface area contributed by atoms with Gasteiger partial charge in [0.2, 0.25) is 6.29 Å². The van der Waals surface area contributed by atoms with Gasteiger partial charge in [0.25, 0.3) is 0 Å². The number of benzene rings is 1. The van der Waals surface area contributed by atoms with Crippen molar-refractivity contribution in [2.24, 2.45) is 16.2 Å². The second-order valence-corrected chi connectivity index (χ2v) is 13.0. The summed E-state index contributed by atoms with van der Waals surface area (Å²) in [4.78, 5) is 0. The van der Waals surface area contributed by atoms with Gasteiger partial charge in [0.15, 0.2) is 0 Å². The molecule has 1 aromatic carbocycles. The molecule has 0 heterocycles. The molecule has 0 radical (unpaired) electrons. The van der Waals surface area contributed by atoms with Crippen LogP contribution in [0.5, 0.6) is 5.75 Å². The van der Waals surface area contributed by atoms with Gasteiger partial charge in [-0.05, 0) is 59.1 Å². The molecule has 1 aliphatic rings. The minimum atomic E-state index is -0.174. The molecule has 0 saturated heterocycles. The Hall–Kier alpha value is -1.09. The third-order valence-corrected chi connectivity index (χ3v) is 6.09. The molecular formula is C29H51FO2. The molecule has 186 valence electrons. The van der Waals surface area contributed by atoms with E-state index in [4.69, 9.17) is 9.47 Å². The molecule has 0 amide bonds. The first-order valence-corrected chi connectivity index (χ1v) is 12.5. The zero-order valence-corrected chi connectivity index (χ0v) is 22.7. The molecule has 1 fully saturated rings. The Morgan fingerprint density at radius 3 is 1.72 bits per heavy atom. The zero-order chi connectivity index (χ0) is 24.6. The number of alkyl halides is 1. The normalized spacial score (nSPS) is 17.8. The van der Waals surface area contributed by atoms with E-state index in [1.54, 1.807) is 0 Å². The molecule has 0 aromatic heterocycles. The molecule has 1 saturated carbocycles. The van der Waals surface area contributed by atoms with Crippen molar-refractivity contribution < 1.29 is 13.9 Å². The number of rotatable bonds is 7. The summed E-state index contributed by atoms with van der Waals surface area (Å²) in [5.74, 6) is 1.45. The maximum absolute atomic E-state index is 9.50. The van der Waals surface area contributed by atoms with Crippen LogP contribution < -0.4 is 4.74 Å². The van der Waals surface area contributed by atoms with Crippen LogP contribution in [0.3, 0.4) is 0 Å². The van der Waals surface area contributed by atoms with E-state index in [2.05, 4.69) is 86.6 Å². The van der Waals surface area contributed by atoms with Gasteiger partial charge in [0.1, 0.15) is 5.75 Å². The molecule has 1 aromatic rings. The van der Waals surface area contributed by atoms with Crippen molar-refractivity contribution >= 4 is 0 Å². The lowest BCUT2D eigenvalue weighted by Gasteiger charge is -2.36. The van der Waals surface area contributed by atoms with Gasteiger partial charge in [0.05, 0.1) is 13.3 Å². The summed E-state index contributed by atoms with van der Waals surface area (Å²) in [5, 5.41) is 0. The van der Waals surface area contributed by atoms with Crippen LogP contribution in [0.15, 0.2) is 24.3 Å². The fraction of sp³-hybridized carbons (Fsp3) is 0.793. The molecule has 2 atom stereocenters. The van der Waals surface area contributed by atoms with Crippen molar-refractivity contribution in [1.29, 1.82) is 0 Å². The van der Waals surface area contributed by atoms with Crippen LogP contribution in [-0.4, -0.2) is 19.6 Å². The van der Waals surface area contributed by atoms with Crippen LogP contribution in [0.25, 0.3) is 0 Å². The molecule has 0 spiro atoms. The van der Waals surface area contributed by atoms with Gasteiger partial charge in [0, 0.05) is 6.42 Å². The van der Waals surface area contributed by atoms with Crippen molar-refractivity contribution in [2.75, 3.05) is 7.18 Å². The Kier molecular flexibility index (Phi) is 11.2. The first-order valence-electron chi connectivity index (χ1n) is 12.5. The first kappa shape index (κ1) is 28.9. The standard InChI is InChI=1S/C28H48O2.CH3F/c1-26(2,3)19-24(28(7,8)9)21-15-17-23(18-16-21)30-25(20-27(4,5)6)29-22-13-11-10-12-14-22;1-2/h15-18,22,24-25H,10-14,19-20H2,1-9H3;1H3. The Bertz CT molecular complexity index is 625. The van der Waals surface area contributed by atoms with Gasteiger partial charge in [-0.25, -0.2) is 0 Å². The van der Waals surface area contributed by atoms with E-state index in [-0.39, 0.29) is 17.1 Å². The van der Waals surface area contributed by atoms with Crippen molar-refractivity contribution in [3.8, 4) is 5.75 Å². The fourth-order valence-electron chi connectivity index (χ4n) is 4.50. The molecule has 32 heavy (non-hydrogen) atoms. The minimum absolute atomic E-state index is 0.170. The molecule has 2 rings (SSSR count). The summed E-state index contributed by atoms with van der Waals surface area (Å²) < 4.78 is 22.3. The van der Waals surface area contributed by atoms with E-state index >= 15 is 0 Å².